The molecule has 1 aromatic carbocycles. The molecule has 0 aromatic heterocycles. The predicted octanol–water partition coefficient (Wildman–Crippen LogP) is 4.19. The maximum atomic E-state index is 14.0. The lowest BCUT2D eigenvalue weighted by Crippen LogP contribution is -2.53. The first-order valence-electron chi connectivity index (χ1n) is 7.21. The second kappa shape index (κ2) is 6.30. The van der Waals surface area contributed by atoms with Gasteiger partial charge >= 0.3 is 0 Å². The molecule has 0 saturated heterocycles. The van der Waals surface area contributed by atoms with Crippen molar-refractivity contribution in [1.29, 1.82) is 0 Å². The maximum absolute atomic E-state index is 14.0. The van der Waals surface area contributed by atoms with Crippen LogP contribution in [0, 0.1) is 24.5 Å². The Hall–Kier alpha value is -1.16. The average Bonchev–Trinajstić information content (AvgIpc) is 2.43. The lowest BCUT2D eigenvalue weighted by atomic mass is 9.77. The molecule has 116 valence electrons. The fraction of sp³-hybridized carbons (Fsp3) is 0.562. The van der Waals surface area contributed by atoms with Crippen molar-refractivity contribution < 1.29 is 13.6 Å². The molecule has 1 N–H and O–H groups in total. The number of amides is 1. The Morgan fingerprint density at radius 3 is 2.81 bits per heavy atom. The van der Waals surface area contributed by atoms with E-state index in [0.717, 1.165) is 31.7 Å². The van der Waals surface area contributed by atoms with Crippen LogP contribution >= 0.6 is 11.6 Å². The first-order chi connectivity index (χ1) is 9.88. The maximum Gasteiger partial charge on any atom is 0.257 e. The summed E-state index contributed by atoms with van der Waals surface area (Å²) in [6, 6.07) is 2.44. The van der Waals surface area contributed by atoms with Gasteiger partial charge in [0.1, 0.15) is 17.2 Å². The predicted molar refractivity (Wildman–Crippen MR) is 79.6 cm³/mol. The van der Waals surface area contributed by atoms with Gasteiger partial charge in [0.05, 0.1) is 5.54 Å². The highest BCUT2D eigenvalue weighted by Gasteiger charge is 2.36. The van der Waals surface area contributed by atoms with Gasteiger partial charge in [-0.15, -0.1) is 11.6 Å². The van der Waals surface area contributed by atoms with Crippen molar-refractivity contribution in [3.63, 3.8) is 0 Å². The fourth-order valence-electron chi connectivity index (χ4n) is 3.10. The van der Waals surface area contributed by atoms with Gasteiger partial charge in [0, 0.05) is 5.88 Å². The van der Waals surface area contributed by atoms with Crippen LogP contribution in [0.3, 0.4) is 0 Å². The van der Waals surface area contributed by atoms with Gasteiger partial charge in [0.25, 0.3) is 5.91 Å². The molecule has 2 nitrogen and oxygen atoms in total. The zero-order chi connectivity index (χ0) is 15.6. The minimum atomic E-state index is -0.843. The van der Waals surface area contributed by atoms with E-state index in [2.05, 4.69) is 12.2 Å². The minimum Gasteiger partial charge on any atom is -0.345 e. The second-order valence-electron chi connectivity index (χ2n) is 6.12. The summed E-state index contributed by atoms with van der Waals surface area (Å²) in [5.74, 6) is -1.68. The average molecular weight is 316 g/mol. The van der Waals surface area contributed by atoms with Crippen molar-refractivity contribution in [1.82, 2.24) is 5.32 Å². The Morgan fingerprint density at radius 1 is 1.48 bits per heavy atom. The van der Waals surface area contributed by atoms with Crippen LogP contribution in [0.15, 0.2) is 12.1 Å². The van der Waals surface area contributed by atoms with E-state index in [4.69, 9.17) is 11.6 Å². The molecule has 0 aliphatic heterocycles. The number of benzene rings is 1. The normalized spacial score (nSPS) is 25.7. The lowest BCUT2D eigenvalue weighted by molar-refractivity contribution is 0.0858. The van der Waals surface area contributed by atoms with E-state index in [-0.39, 0.29) is 11.4 Å². The molecule has 5 heteroatoms. The standard InChI is InChI=1S/C16H20ClF2NO/c1-10-4-3-7-16(8-10,9-17)20-15(21)13-12(18)6-5-11(2)14(13)19/h5-6,10H,3-4,7-9H2,1-2H3,(H,20,21). The number of carbonyl (C=O) groups excluding carboxylic acids is 1. The van der Waals surface area contributed by atoms with Crippen LogP contribution in [0.2, 0.25) is 0 Å². The van der Waals surface area contributed by atoms with Crippen molar-refractivity contribution in [2.75, 3.05) is 5.88 Å². The number of alkyl halides is 1. The summed E-state index contributed by atoms with van der Waals surface area (Å²) < 4.78 is 27.8. The highest BCUT2D eigenvalue weighted by atomic mass is 35.5. The number of nitrogens with one attached hydrogen (secondary N) is 1. The third-order valence-corrected chi connectivity index (χ3v) is 4.75. The molecular weight excluding hydrogens is 296 g/mol. The summed E-state index contributed by atoms with van der Waals surface area (Å²) in [4.78, 5) is 12.3. The lowest BCUT2D eigenvalue weighted by Gasteiger charge is -2.39. The molecule has 0 spiro atoms. The van der Waals surface area contributed by atoms with Gasteiger partial charge in [0.15, 0.2) is 0 Å². The molecule has 21 heavy (non-hydrogen) atoms. The first kappa shape index (κ1) is 16.2. The number of carbonyl (C=O) groups is 1. The van der Waals surface area contributed by atoms with Gasteiger partial charge in [-0.05, 0) is 37.3 Å². The van der Waals surface area contributed by atoms with Crippen LogP contribution in [-0.2, 0) is 0 Å². The number of halogens is 3. The number of hydrogen-bond acceptors (Lipinski definition) is 1. The van der Waals surface area contributed by atoms with E-state index < -0.39 is 28.6 Å². The van der Waals surface area contributed by atoms with Crippen molar-refractivity contribution in [3.05, 3.63) is 34.9 Å². The molecule has 2 rings (SSSR count). The van der Waals surface area contributed by atoms with Crippen LogP contribution in [0.25, 0.3) is 0 Å². The summed E-state index contributed by atoms with van der Waals surface area (Å²) in [7, 11) is 0. The summed E-state index contributed by atoms with van der Waals surface area (Å²) >= 11 is 6.04. The SMILES string of the molecule is Cc1ccc(F)c(C(=O)NC2(CCl)CCCC(C)C2)c1F. The molecule has 1 aliphatic rings. The number of hydrogen-bond donors (Lipinski definition) is 1. The zero-order valence-electron chi connectivity index (χ0n) is 12.3. The Bertz CT molecular complexity index is 549. The third kappa shape index (κ3) is 3.37. The Labute approximate surface area is 128 Å². The smallest absolute Gasteiger partial charge is 0.257 e. The monoisotopic (exact) mass is 315 g/mol. The zero-order valence-corrected chi connectivity index (χ0v) is 13.1. The summed E-state index contributed by atoms with van der Waals surface area (Å²) in [5.41, 5.74) is -0.838. The number of aryl methyl sites for hydroxylation is 1. The highest BCUT2D eigenvalue weighted by molar-refractivity contribution is 6.19. The Balaban J connectivity index is 2.26. The third-order valence-electron chi connectivity index (χ3n) is 4.24. The molecule has 1 aromatic rings. The molecule has 0 bridgehead atoms. The van der Waals surface area contributed by atoms with Crippen LogP contribution in [-0.4, -0.2) is 17.3 Å². The topological polar surface area (TPSA) is 29.1 Å². The Morgan fingerprint density at radius 2 is 2.19 bits per heavy atom. The highest BCUT2D eigenvalue weighted by Crippen LogP contribution is 2.33. The van der Waals surface area contributed by atoms with Gasteiger partial charge in [-0.3, -0.25) is 4.79 Å². The summed E-state index contributed by atoms with van der Waals surface area (Å²) in [6.45, 7) is 3.60. The largest absolute Gasteiger partial charge is 0.345 e. The van der Waals surface area contributed by atoms with E-state index in [1.165, 1.54) is 13.0 Å². The Kier molecular flexibility index (Phi) is 4.87. The molecule has 2 atom stereocenters. The van der Waals surface area contributed by atoms with E-state index in [1.807, 2.05) is 0 Å². The molecule has 0 heterocycles. The summed E-state index contributed by atoms with van der Waals surface area (Å²) in [5, 5.41) is 2.79. The van der Waals surface area contributed by atoms with Gasteiger partial charge in [0.2, 0.25) is 0 Å². The molecule has 2 unspecified atom stereocenters. The van der Waals surface area contributed by atoms with Crippen LogP contribution < -0.4 is 5.32 Å². The molecule has 1 fully saturated rings. The fourth-order valence-corrected chi connectivity index (χ4v) is 3.41. The van der Waals surface area contributed by atoms with Crippen LogP contribution in [0.1, 0.15) is 48.5 Å². The number of rotatable bonds is 3. The van der Waals surface area contributed by atoms with E-state index in [1.54, 1.807) is 0 Å². The van der Waals surface area contributed by atoms with Gasteiger partial charge in [-0.2, -0.15) is 0 Å². The quantitative estimate of drug-likeness (QED) is 0.833. The van der Waals surface area contributed by atoms with Crippen molar-refractivity contribution in [2.24, 2.45) is 5.92 Å². The van der Waals surface area contributed by atoms with Gasteiger partial charge < -0.3 is 5.32 Å². The minimum absolute atomic E-state index is 0.248. The molecule has 1 saturated carbocycles. The molecule has 1 aliphatic carbocycles. The van der Waals surface area contributed by atoms with E-state index >= 15 is 0 Å². The van der Waals surface area contributed by atoms with Gasteiger partial charge in [-0.25, -0.2) is 8.78 Å². The molecule has 1 amide bonds. The molecular formula is C16H20ClF2NO. The van der Waals surface area contributed by atoms with E-state index in [0.29, 0.717) is 5.92 Å². The van der Waals surface area contributed by atoms with Crippen molar-refractivity contribution >= 4 is 17.5 Å². The second-order valence-corrected chi connectivity index (χ2v) is 6.39. The summed E-state index contributed by atoms with van der Waals surface area (Å²) in [6.07, 6.45) is 3.51. The van der Waals surface area contributed by atoms with Crippen molar-refractivity contribution in [2.45, 2.75) is 45.1 Å². The van der Waals surface area contributed by atoms with Crippen molar-refractivity contribution in [3.8, 4) is 0 Å². The van der Waals surface area contributed by atoms with Gasteiger partial charge in [-0.1, -0.05) is 25.8 Å². The van der Waals surface area contributed by atoms with Crippen LogP contribution in [0.5, 0.6) is 0 Å². The first-order valence-corrected chi connectivity index (χ1v) is 7.75. The molecule has 0 radical (unpaired) electrons. The van der Waals surface area contributed by atoms with Crippen LogP contribution in [0.4, 0.5) is 8.78 Å². The van der Waals surface area contributed by atoms with E-state index in [9.17, 15) is 13.6 Å².